The van der Waals surface area contributed by atoms with Crippen molar-refractivity contribution in [3.63, 3.8) is 0 Å². The van der Waals surface area contributed by atoms with Gasteiger partial charge in [-0.15, -0.1) is 0 Å². The fraction of sp³-hybridized carbons (Fsp3) is 0.923. The van der Waals surface area contributed by atoms with Gasteiger partial charge in [0.25, 0.3) is 0 Å². The molecule has 0 rings (SSSR count). The molecule has 4 heteroatoms. The standard InChI is InChI=1S/C26H50O4/c1-3-5-7-9-10-11-12-13-14-15-16-17-18-20-22-24-26(28)30-29-25(27)23-21-19-8-6-4-2/h3-24H2,1-2H3. The average molecular weight is 427 g/mol. The van der Waals surface area contributed by atoms with E-state index in [1.165, 1.54) is 96.3 Å². The Labute approximate surface area is 186 Å². The van der Waals surface area contributed by atoms with Crippen LogP contribution >= 0.6 is 0 Å². The Bertz CT molecular complexity index is 381. The lowest BCUT2D eigenvalue weighted by molar-refractivity contribution is -0.259. The zero-order valence-electron chi connectivity index (χ0n) is 20.2. The smallest absolute Gasteiger partial charge is 0.247 e. The molecule has 0 N–H and O–H groups in total. The van der Waals surface area contributed by atoms with Gasteiger partial charge in [-0.2, -0.15) is 0 Å². The maximum absolute atomic E-state index is 11.6. The summed E-state index contributed by atoms with van der Waals surface area (Å²) in [6.07, 6.45) is 25.5. The van der Waals surface area contributed by atoms with Crippen molar-refractivity contribution in [1.82, 2.24) is 0 Å². The molecule has 0 heterocycles. The zero-order chi connectivity index (χ0) is 22.1. The lowest BCUT2D eigenvalue weighted by Gasteiger charge is -2.04. The van der Waals surface area contributed by atoms with Crippen molar-refractivity contribution in [3.8, 4) is 0 Å². The minimum Gasteiger partial charge on any atom is -0.247 e. The van der Waals surface area contributed by atoms with Gasteiger partial charge in [-0.3, -0.25) is 0 Å². The van der Waals surface area contributed by atoms with Gasteiger partial charge in [0.1, 0.15) is 0 Å². The third-order valence-electron chi connectivity index (χ3n) is 5.70. The highest BCUT2D eigenvalue weighted by molar-refractivity contribution is 5.72. The average Bonchev–Trinajstić information content (AvgIpc) is 2.74. The number of carbonyl (C=O) groups excluding carboxylic acids is 2. The highest BCUT2D eigenvalue weighted by Gasteiger charge is 2.09. The van der Waals surface area contributed by atoms with Crippen molar-refractivity contribution < 1.29 is 19.4 Å². The van der Waals surface area contributed by atoms with Gasteiger partial charge in [0.05, 0.1) is 12.8 Å². The molecule has 0 aromatic rings. The Morgan fingerprint density at radius 2 is 0.633 bits per heavy atom. The molecule has 0 fully saturated rings. The first-order valence-corrected chi connectivity index (χ1v) is 13.1. The molecule has 0 bridgehead atoms. The Morgan fingerprint density at radius 1 is 0.400 bits per heavy atom. The molecule has 0 aromatic heterocycles. The van der Waals surface area contributed by atoms with Crippen LogP contribution < -0.4 is 0 Å². The number of unbranched alkanes of at least 4 members (excludes halogenated alkanes) is 18. The second-order valence-corrected chi connectivity index (χ2v) is 8.77. The first-order valence-electron chi connectivity index (χ1n) is 13.1. The summed E-state index contributed by atoms with van der Waals surface area (Å²) in [5.74, 6) is -0.861. The van der Waals surface area contributed by atoms with Gasteiger partial charge < -0.3 is 0 Å². The highest BCUT2D eigenvalue weighted by Crippen LogP contribution is 2.14. The van der Waals surface area contributed by atoms with E-state index in [0.717, 1.165) is 32.1 Å². The van der Waals surface area contributed by atoms with Crippen LogP contribution in [0.5, 0.6) is 0 Å². The molecule has 0 aliphatic rings. The number of rotatable bonds is 22. The fourth-order valence-corrected chi connectivity index (χ4v) is 3.69. The third kappa shape index (κ3) is 23.2. The van der Waals surface area contributed by atoms with E-state index in [9.17, 15) is 9.59 Å². The van der Waals surface area contributed by atoms with E-state index in [0.29, 0.717) is 12.8 Å². The summed E-state index contributed by atoms with van der Waals surface area (Å²) in [5, 5.41) is 0. The predicted molar refractivity (Wildman–Crippen MR) is 125 cm³/mol. The maximum atomic E-state index is 11.6. The summed E-state index contributed by atoms with van der Waals surface area (Å²) in [4.78, 5) is 32.3. The third-order valence-corrected chi connectivity index (χ3v) is 5.70. The largest absolute Gasteiger partial charge is 0.355 e. The number of hydrogen-bond acceptors (Lipinski definition) is 4. The Hall–Kier alpha value is -1.06. The minimum atomic E-state index is -0.434. The van der Waals surface area contributed by atoms with E-state index in [4.69, 9.17) is 0 Å². The van der Waals surface area contributed by atoms with Gasteiger partial charge in [0.2, 0.25) is 0 Å². The van der Waals surface area contributed by atoms with Crippen molar-refractivity contribution >= 4 is 11.9 Å². The van der Waals surface area contributed by atoms with E-state index in [1.54, 1.807) is 0 Å². The van der Waals surface area contributed by atoms with E-state index in [1.807, 2.05) is 0 Å². The van der Waals surface area contributed by atoms with Crippen LogP contribution in [0, 0.1) is 0 Å². The second kappa shape index (κ2) is 24.2. The molecule has 30 heavy (non-hydrogen) atoms. The Balaban J connectivity index is 3.25. The van der Waals surface area contributed by atoms with E-state index >= 15 is 0 Å². The number of hydrogen-bond donors (Lipinski definition) is 0. The first-order chi connectivity index (χ1) is 14.7. The lowest BCUT2D eigenvalue weighted by Crippen LogP contribution is -2.11. The molecule has 4 nitrogen and oxygen atoms in total. The quantitative estimate of drug-likeness (QED) is 0.0987. The van der Waals surface area contributed by atoms with Gasteiger partial charge in [0, 0.05) is 0 Å². The summed E-state index contributed by atoms with van der Waals surface area (Å²) < 4.78 is 0. The van der Waals surface area contributed by atoms with Gasteiger partial charge in [-0.25, -0.2) is 19.4 Å². The van der Waals surface area contributed by atoms with E-state index < -0.39 is 11.9 Å². The molecule has 0 aromatic carbocycles. The fourth-order valence-electron chi connectivity index (χ4n) is 3.69. The van der Waals surface area contributed by atoms with Gasteiger partial charge in [-0.05, 0) is 12.8 Å². The normalized spacial score (nSPS) is 10.9. The molecule has 0 saturated heterocycles. The molecular weight excluding hydrogens is 376 g/mol. The first kappa shape index (κ1) is 28.9. The molecule has 0 unspecified atom stereocenters. The van der Waals surface area contributed by atoms with Crippen LogP contribution in [0.15, 0.2) is 0 Å². The van der Waals surface area contributed by atoms with Gasteiger partial charge in [-0.1, -0.05) is 129 Å². The minimum absolute atomic E-state index is 0.329. The van der Waals surface area contributed by atoms with Crippen LogP contribution in [0.3, 0.4) is 0 Å². The molecule has 0 aliphatic carbocycles. The summed E-state index contributed by atoms with van der Waals surface area (Å²) in [5.41, 5.74) is 0. The highest BCUT2D eigenvalue weighted by atomic mass is 17.2. The maximum Gasteiger partial charge on any atom is 0.355 e. The molecule has 0 saturated carbocycles. The molecule has 178 valence electrons. The zero-order valence-corrected chi connectivity index (χ0v) is 20.2. The van der Waals surface area contributed by atoms with Crippen molar-refractivity contribution in [3.05, 3.63) is 0 Å². The van der Waals surface area contributed by atoms with Crippen LogP contribution in [0.2, 0.25) is 0 Å². The monoisotopic (exact) mass is 426 g/mol. The lowest BCUT2D eigenvalue weighted by atomic mass is 10.0. The Kier molecular flexibility index (Phi) is 23.4. The molecule has 0 spiro atoms. The SMILES string of the molecule is CCCCCCCCCCCCCCCCCC(=O)OOC(=O)CCCCCCC. The summed E-state index contributed by atoms with van der Waals surface area (Å²) in [6.45, 7) is 4.43. The van der Waals surface area contributed by atoms with E-state index in [-0.39, 0.29) is 0 Å². The van der Waals surface area contributed by atoms with Crippen molar-refractivity contribution in [2.75, 3.05) is 0 Å². The van der Waals surface area contributed by atoms with Gasteiger partial charge in [0.15, 0.2) is 0 Å². The second-order valence-electron chi connectivity index (χ2n) is 8.77. The van der Waals surface area contributed by atoms with Crippen molar-refractivity contribution in [2.24, 2.45) is 0 Å². The van der Waals surface area contributed by atoms with Crippen LogP contribution in [-0.4, -0.2) is 11.9 Å². The molecule has 0 atom stereocenters. The number of carbonyl (C=O) groups is 2. The molecule has 0 amide bonds. The van der Waals surface area contributed by atoms with Gasteiger partial charge >= 0.3 is 11.9 Å². The predicted octanol–water partition coefficient (Wildman–Crippen LogP) is 8.61. The Morgan fingerprint density at radius 3 is 0.900 bits per heavy atom. The topological polar surface area (TPSA) is 52.6 Å². The summed E-state index contributed by atoms with van der Waals surface area (Å²) in [6, 6.07) is 0. The summed E-state index contributed by atoms with van der Waals surface area (Å²) in [7, 11) is 0. The van der Waals surface area contributed by atoms with E-state index in [2.05, 4.69) is 23.6 Å². The van der Waals surface area contributed by atoms with Crippen LogP contribution in [0.25, 0.3) is 0 Å². The van der Waals surface area contributed by atoms with Crippen molar-refractivity contribution in [2.45, 2.75) is 155 Å². The van der Waals surface area contributed by atoms with Crippen LogP contribution in [-0.2, 0) is 19.4 Å². The van der Waals surface area contributed by atoms with Crippen LogP contribution in [0.4, 0.5) is 0 Å². The molecular formula is C26H50O4. The van der Waals surface area contributed by atoms with Crippen LogP contribution in [0.1, 0.15) is 155 Å². The van der Waals surface area contributed by atoms with Crippen molar-refractivity contribution in [1.29, 1.82) is 0 Å². The molecule has 0 radical (unpaired) electrons. The summed E-state index contributed by atoms with van der Waals surface area (Å²) >= 11 is 0. The molecule has 0 aliphatic heterocycles.